The summed E-state index contributed by atoms with van der Waals surface area (Å²) in [6.45, 7) is 4.92. The predicted molar refractivity (Wildman–Crippen MR) is 127 cm³/mol. The van der Waals surface area contributed by atoms with E-state index in [-0.39, 0.29) is 18.0 Å². The van der Waals surface area contributed by atoms with Gasteiger partial charge < -0.3 is 15.5 Å². The van der Waals surface area contributed by atoms with Crippen LogP contribution in [0.25, 0.3) is 10.9 Å². The molecule has 166 valence electrons. The van der Waals surface area contributed by atoms with Crippen molar-refractivity contribution in [3.63, 3.8) is 0 Å². The number of likely N-dealkylation sites (tertiary alicyclic amines) is 1. The van der Waals surface area contributed by atoms with Crippen molar-refractivity contribution in [2.24, 2.45) is 0 Å². The number of carbonyl (C=O) groups is 2. The van der Waals surface area contributed by atoms with Crippen molar-refractivity contribution < 1.29 is 9.59 Å². The van der Waals surface area contributed by atoms with E-state index in [0.29, 0.717) is 12.1 Å². The number of fused-ring (bicyclic) bond motifs is 1. The van der Waals surface area contributed by atoms with Crippen LogP contribution in [0.15, 0.2) is 60.7 Å². The number of amides is 3. The van der Waals surface area contributed by atoms with E-state index in [9.17, 15) is 9.59 Å². The maximum absolute atomic E-state index is 12.7. The second-order valence-electron chi connectivity index (χ2n) is 8.23. The molecule has 1 saturated heterocycles. The molecule has 2 heterocycles. The molecule has 3 amide bonds. The summed E-state index contributed by atoms with van der Waals surface area (Å²) in [5.41, 5.74) is 3.19. The molecule has 7 heteroatoms. The van der Waals surface area contributed by atoms with E-state index in [1.807, 2.05) is 79.5 Å². The Bertz CT molecular complexity index is 1100. The molecule has 1 unspecified atom stereocenters. The highest BCUT2D eigenvalue weighted by molar-refractivity contribution is 6.00. The van der Waals surface area contributed by atoms with Gasteiger partial charge in [-0.1, -0.05) is 36.4 Å². The number of urea groups is 1. The maximum Gasteiger partial charge on any atom is 0.319 e. The van der Waals surface area contributed by atoms with Crippen LogP contribution in [-0.2, 0) is 0 Å². The summed E-state index contributed by atoms with van der Waals surface area (Å²) in [5, 5.41) is 6.81. The fourth-order valence-corrected chi connectivity index (χ4v) is 4.19. The van der Waals surface area contributed by atoms with Gasteiger partial charge in [-0.2, -0.15) is 0 Å². The van der Waals surface area contributed by atoms with Crippen LogP contribution < -0.4 is 10.6 Å². The second kappa shape index (κ2) is 9.78. The van der Waals surface area contributed by atoms with Crippen LogP contribution in [0.3, 0.4) is 0 Å². The molecule has 1 aromatic heterocycles. The molecular formula is C25H29N5O2. The van der Waals surface area contributed by atoms with Gasteiger partial charge in [0.15, 0.2) is 0 Å². The van der Waals surface area contributed by atoms with E-state index in [0.717, 1.165) is 48.3 Å². The van der Waals surface area contributed by atoms with Crippen molar-refractivity contribution >= 4 is 28.5 Å². The molecule has 3 aromatic rings. The Morgan fingerprint density at radius 1 is 1.12 bits per heavy atom. The number of hydrogen-bond donors (Lipinski definition) is 2. The Labute approximate surface area is 188 Å². The highest BCUT2D eigenvalue weighted by atomic mass is 16.2. The zero-order valence-corrected chi connectivity index (χ0v) is 18.5. The molecule has 1 fully saturated rings. The van der Waals surface area contributed by atoms with Gasteiger partial charge in [0.25, 0.3) is 5.91 Å². The number of nitrogens with one attached hydrogen (secondary N) is 2. The van der Waals surface area contributed by atoms with Gasteiger partial charge in [-0.3, -0.25) is 14.7 Å². The van der Waals surface area contributed by atoms with Crippen molar-refractivity contribution in [3.8, 4) is 0 Å². The number of rotatable bonds is 6. The van der Waals surface area contributed by atoms with Crippen molar-refractivity contribution in [3.05, 3.63) is 71.9 Å². The standard InChI is InChI=1S/C25H29N5O2/c1-18-16-23(21-10-6-7-11-22(21)27-18)28-25(32)26-13-15-30-14-12-20(17-30)29(2)24(31)19-8-4-3-5-9-19/h3-11,16,20H,12-15,17H2,1-2H3,(H2,26,27,28,32). The summed E-state index contributed by atoms with van der Waals surface area (Å²) < 4.78 is 0. The van der Waals surface area contributed by atoms with Crippen LogP contribution in [0.2, 0.25) is 0 Å². The fraction of sp³-hybridized carbons (Fsp3) is 0.320. The van der Waals surface area contributed by atoms with Crippen LogP contribution in [0.5, 0.6) is 0 Å². The Morgan fingerprint density at radius 3 is 2.69 bits per heavy atom. The maximum atomic E-state index is 12.7. The predicted octanol–water partition coefficient (Wildman–Crippen LogP) is 3.51. The molecule has 4 rings (SSSR count). The number of para-hydroxylation sites is 1. The SMILES string of the molecule is Cc1cc(NC(=O)NCCN2CCC(N(C)C(=O)c3ccccc3)C2)c2ccccc2n1. The third kappa shape index (κ3) is 5.06. The molecule has 0 bridgehead atoms. The summed E-state index contributed by atoms with van der Waals surface area (Å²) in [7, 11) is 1.87. The third-order valence-electron chi connectivity index (χ3n) is 5.94. The fourth-order valence-electron chi connectivity index (χ4n) is 4.19. The van der Waals surface area contributed by atoms with E-state index < -0.39 is 0 Å². The minimum atomic E-state index is -0.229. The normalized spacial score (nSPS) is 16.1. The van der Waals surface area contributed by atoms with E-state index in [2.05, 4.69) is 20.5 Å². The zero-order chi connectivity index (χ0) is 22.5. The summed E-state index contributed by atoms with van der Waals surface area (Å²) in [6.07, 6.45) is 0.934. The number of carbonyl (C=O) groups excluding carboxylic acids is 2. The molecule has 0 saturated carbocycles. The lowest BCUT2D eigenvalue weighted by Gasteiger charge is -2.25. The minimum Gasteiger partial charge on any atom is -0.337 e. The highest BCUT2D eigenvalue weighted by Gasteiger charge is 2.28. The van der Waals surface area contributed by atoms with Crippen molar-refractivity contribution in [1.29, 1.82) is 0 Å². The van der Waals surface area contributed by atoms with E-state index >= 15 is 0 Å². The van der Waals surface area contributed by atoms with E-state index in [1.54, 1.807) is 0 Å². The number of anilines is 1. The molecular weight excluding hydrogens is 402 g/mol. The van der Waals surface area contributed by atoms with Crippen LogP contribution in [0.1, 0.15) is 22.5 Å². The largest absolute Gasteiger partial charge is 0.337 e. The highest BCUT2D eigenvalue weighted by Crippen LogP contribution is 2.22. The number of benzene rings is 2. The molecule has 1 aliphatic rings. The van der Waals surface area contributed by atoms with Crippen LogP contribution in [0.4, 0.5) is 10.5 Å². The van der Waals surface area contributed by atoms with Gasteiger partial charge in [0.1, 0.15) is 0 Å². The zero-order valence-electron chi connectivity index (χ0n) is 18.5. The van der Waals surface area contributed by atoms with Crippen molar-refractivity contribution in [2.45, 2.75) is 19.4 Å². The van der Waals surface area contributed by atoms with Gasteiger partial charge in [0.2, 0.25) is 0 Å². The Morgan fingerprint density at radius 2 is 1.88 bits per heavy atom. The van der Waals surface area contributed by atoms with Gasteiger partial charge in [-0.05, 0) is 37.6 Å². The molecule has 1 aliphatic heterocycles. The third-order valence-corrected chi connectivity index (χ3v) is 5.94. The number of nitrogens with zero attached hydrogens (tertiary/aromatic N) is 3. The number of likely N-dealkylation sites (N-methyl/N-ethyl adjacent to an activating group) is 1. The van der Waals surface area contributed by atoms with Gasteiger partial charge >= 0.3 is 6.03 Å². The number of aryl methyl sites for hydroxylation is 1. The molecule has 0 radical (unpaired) electrons. The lowest BCUT2D eigenvalue weighted by Crippen LogP contribution is -2.40. The lowest BCUT2D eigenvalue weighted by molar-refractivity contribution is 0.0735. The van der Waals surface area contributed by atoms with Crippen molar-refractivity contribution in [2.75, 3.05) is 38.5 Å². The first-order valence-corrected chi connectivity index (χ1v) is 11.0. The lowest BCUT2D eigenvalue weighted by atomic mass is 10.1. The quantitative estimate of drug-likeness (QED) is 0.626. The monoisotopic (exact) mass is 431 g/mol. The summed E-state index contributed by atoms with van der Waals surface area (Å²) in [4.78, 5) is 33.7. The van der Waals surface area contributed by atoms with Gasteiger partial charge in [0.05, 0.1) is 11.2 Å². The van der Waals surface area contributed by atoms with Gasteiger partial charge in [-0.25, -0.2) is 4.79 Å². The smallest absolute Gasteiger partial charge is 0.319 e. The van der Waals surface area contributed by atoms with Crippen LogP contribution in [-0.4, -0.2) is 66.0 Å². The average Bonchev–Trinajstić information content (AvgIpc) is 3.27. The Kier molecular flexibility index (Phi) is 6.66. The summed E-state index contributed by atoms with van der Waals surface area (Å²) in [6, 6.07) is 19.0. The number of hydrogen-bond acceptors (Lipinski definition) is 4. The second-order valence-corrected chi connectivity index (χ2v) is 8.23. The average molecular weight is 432 g/mol. The first kappa shape index (κ1) is 21.8. The molecule has 2 aromatic carbocycles. The van der Waals surface area contributed by atoms with Gasteiger partial charge in [-0.15, -0.1) is 0 Å². The molecule has 0 spiro atoms. The van der Waals surface area contributed by atoms with Crippen LogP contribution >= 0.6 is 0 Å². The Balaban J connectivity index is 1.25. The molecule has 0 aliphatic carbocycles. The first-order chi connectivity index (χ1) is 15.5. The number of pyridine rings is 1. The summed E-state index contributed by atoms with van der Waals surface area (Å²) in [5.74, 6) is 0.0508. The molecule has 1 atom stereocenters. The molecule has 32 heavy (non-hydrogen) atoms. The van der Waals surface area contributed by atoms with Crippen molar-refractivity contribution in [1.82, 2.24) is 20.1 Å². The Hall–Kier alpha value is -3.45. The molecule has 7 nitrogen and oxygen atoms in total. The minimum absolute atomic E-state index is 0.0508. The summed E-state index contributed by atoms with van der Waals surface area (Å²) >= 11 is 0. The first-order valence-electron chi connectivity index (χ1n) is 11.0. The van der Waals surface area contributed by atoms with Crippen LogP contribution in [0, 0.1) is 6.92 Å². The van der Waals surface area contributed by atoms with Gasteiger partial charge in [0, 0.05) is 55.9 Å². The topological polar surface area (TPSA) is 77.6 Å². The van der Waals surface area contributed by atoms with E-state index in [1.165, 1.54) is 0 Å². The van der Waals surface area contributed by atoms with E-state index in [4.69, 9.17) is 0 Å². The number of aromatic nitrogens is 1. The molecule has 2 N–H and O–H groups in total.